The molecule has 0 N–H and O–H groups in total. The third kappa shape index (κ3) is 1.55. The van der Waals surface area contributed by atoms with E-state index in [0.717, 1.165) is 10.2 Å². The van der Waals surface area contributed by atoms with Crippen LogP contribution in [0.25, 0.3) is 16.6 Å². The molecular weight excluding hydrogens is 262 g/mol. The maximum Gasteiger partial charge on any atom is 0.0534 e. The van der Waals surface area contributed by atoms with Gasteiger partial charge >= 0.3 is 0 Å². The lowest BCUT2D eigenvalue weighted by Gasteiger charge is -2.05. The van der Waals surface area contributed by atoms with E-state index in [2.05, 4.69) is 57.0 Å². The molecular formula is C14H9BrN. The summed E-state index contributed by atoms with van der Waals surface area (Å²) in [4.78, 5) is 0. The number of halogens is 1. The number of rotatable bonds is 1. The Hall–Kier alpha value is -1.54. The second-order valence-electron chi connectivity index (χ2n) is 3.65. The predicted molar refractivity (Wildman–Crippen MR) is 69.8 cm³/mol. The predicted octanol–water partition coefficient (Wildman–Crippen LogP) is 4.19. The molecule has 2 heteroatoms. The largest absolute Gasteiger partial charge is 0.317 e. The zero-order valence-corrected chi connectivity index (χ0v) is 10.1. The van der Waals surface area contributed by atoms with Crippen LogP contribution in [0.2, 0.25) is 0 Å². The number of hydrogen-bond donors (Lipinski definition) is 0. The summed E-state index contributed by atoms with van der Waals surface area (Å²) < 4.78 is 3.25. The molecule has 0 fully saturated rings. The average molecular weight is 271 g/mol. The molecule has 3 aromatic rings. The minimum absolute atomic E-state index is 1.09. The first-order chi connectivity index (χ1) is 7.84. The third-order valence-corrected chi connectivity index (χ3v) is 3.12. The van der Waals surface area contributed by atoms with Gasteiger partial charge in [-0.15, -0.1) is 0 Å². The topological polar surface area (TPSA) is 4.93 Å². The van der Waals surface area contributed by atoms with Crippen LogP contribution in [0.1, 0.15) is 0 Å². The van der Waals surface area contributed by atoms with E-state index in [0.29, 0.717) is 0 Å². The number of benzene rings is 2. The van der Waals surface area contributed by atoms with Crippen molar-refractivity contribution < 1.29 is 0 Å². The van der Waals surface area contributed by atoms with Crippen molar-refractivity contribution in [2.45, 2.75) is 0 Å². The van der Waals surface area contributed by atoms with E-state index in [1.165, 1.54) is 10.9 Å². The van der Waals surface area contributed by atoms with Crippen molar-refractivity contribution >= 4 is 26.8 Å². The van der Waals surface area contributed by atoms with Crippen molar-refractivity contribution in [1.29, 1.82) is 0 Å². The van der Waals surface area contributed by atoms with Gasteiger partial charge < -0.3 is 4.57 Å². The molecule has 0 saturated heterocycles. The van der Waals surface area contributed by atoms with E-state index < -0.39 is 0 Å². The molecule has 1 nitrogen and oxygen atoms in total. The highest BCUT2D eigenvalue weighted by Crippen LogP contribution is 2.22. The zero-order valence-electron chi connectivity index (χ0n) is 8.52. The molecule has 0 aliphatic rings. The van der Waals surface area contributed by atoms with Crippen LogP contribution in [0.5, 0.6) is 0 Å². The highest BCUT2D eigenvalue weighted by atomic mass is 79.9. The molecule has 0 aliphatic heterocycles. The lowest BCUT2D eigenvalue weighted by Crippen LogP contribution is -1.90. The summed E-state index contributed by atoms with van der Waals surface area (Å²) in [6.07, 6.45) is 2.08. The first-order valence-corrected chi connectivity index (χ1v) is 5.87. The molecule has 3 rings (SSSR count). The standard InChI is InChI=1S/C14H9BrN/c15-12-5-3-6-13(10-12)16-9-8-11-4-1-2-7-14(11)16/h1,3-10H. The van der Waals surface area contributed by atoms with Crippen LogP contribution in [-0.2, 0) is 0 Å². The lowest BCUT2D eigenvalue weighted by molar-refractivity contribution is 1.13. The highest BCUT2D eigenvalue weighted by Gasteiger charge is 2.02. The molecule has 0 amide bonds. The second kappa shape index (κ2) is 3.80. The van der Waals surface area contributed by atoms with Crippen LogP contribution < -0.4 is 0 Å². The number of aromatic nitrogens is 1. The van der Waals surface area contributed by atoms with Gasteiger partial charge in [-0.2, -0.15) is 0 Å². The second-order valence-corrected chi connectivity index (χ2v) is 4.57. The summed E-state index contributed by atoms with van der Waals surface area (Å²) in [5.74, 6) is 0. The molecule has 16 heavy (non-hydrogen) atoms. The Kier molecular flexibility index (Phi) is 2.29. The molecule has 0 unspecified atom stereocenters. The van der Waals surface area contributed by atoms with Crippen LogP contribution in [0, 0.1) is 6.07 Å². The summed E-state index contributed by atoms with van der Waals surface area (Å²) >= 11 is 3.49. The molecule has 0 saturated carbocycles. The van der Waals surface area contributed by atoms with Gasteiger partial charge in [0.1, 0.15) is 0 Å². The number of nitrogens with zero attached hydrogens (tertiary/aromatic N) is 1. The highest BCUT2D eigenvalue weighted by molar-refractivity contribution is 9.10. The maximum absolute atomic E-state index is 3.49. The summed E-state index contributed by atoms with van der Waals surface area (Å²) in [6.45, 7) is 0. The van der Waals surface area contributed by atoms with Crippen molar-refractivity contribution in [3.05, 3.63) is 65.3 Å². The van der Waals surface area contributed by atoms with E-state index in [1.54, 1.807) is 0 Å². The van der Waals surface area contributed by atoms with Crippen molar-refractivity contribution in [1.82, 2.24) is 4.57 Å². The first-order valence-electron chi connectivity index (χ1n) is 5.08. The third-order valence-electron chi connectivity index (χ3n) is 2.62. The Morgan fingerprint density at radius 1 is 1.12 bits per heavy atom. The van der Waals surface area contributed by atoms with Gasteiger partial charge in [-0.05, 0) is 41.8 Å². The van der Waals surface area contributed by atoms with Gasteiger partial charge in [0.15, 0.2) is 0 Å². The van der Waals surface area contributed by atoms with Gasteiger partial charge in [0.25, 0.3) is 0 Å². The fraction of sp³-hybridized carbons (Fsp3) is 0. The van der Waals surface area contributed by atoms with Gasteiger partial charge in [0, 0.05) is 16.4 Å². The van der Waals surface area contributed by atoms with Crippen LogP contribution in [0.3, 0.4) is 0 Å². The van der Waals surface area contributed by atoms with Crippen molar-refractivity contribution in [2.75, 3.05) is 0 Å². The van der Waals surface area contributed by atoms with E-state index in [4.69, 9.17) is 0 Å². The van der Waals surface area contributed by atoms with Gasteiger partial charge in [-0.1, -0.05) is 34.1 Å². The molecule has 0 spiro atoms. The number of hydrogen-bond acceptors (Lipinski definition) is 0. The Bertz CT molecular complexity index is 640. The normalized spacial score (nSPS) is 10.8. The van der Waals surface area contributed by atoms with Crippen molar-refractivity contribution in [3.8, 4) is 5.69 Å². The maximum atomic E-state index is 3.49. The smallest absolute Gasteiger partial charge is 0.0534 e. The monoisotopic (exact) mass is 270 g/mol. The van der Waals surface area contributed by atoms with Crippen LogP contribution >= 0.6 is 15.9 Å². The van der Waals surface area contributed by atoms with E-state index in [9.17, 15) is 0 Å². The Morgan fingerprint density at radius 3 is 2.94 bits per heavy atom. The van der Waals surface area contributed by atoms with Crippen LogP contribution in [0.15, 0.2) is 59.2 Å². The molecule has 1 aromatic heterocycles. The van der Waals surface area contributed by atoms with Crippen molar-refractivity contribution in [2.24, 2.45) is 0 Å². The minimum atomic E-state index is 1.09. The Labute approximate surface area is 102 Å². The minimum Gasteiger partial charge on any atom is -0.317 e. The van der Waals surface area contributed by atoms with Gasteiger partial charge in [-0.3, -0.25) is 0 Å². The zero-order chi connectivity index (χ0) is 11.0. The molecule has 1 heterocycles. The summed E-state index contributed by atoms with van der Waals surface area (Å²) in [5, 5.41) is 1.23. The molecule has 0 bridgehead atoms. The molecule has 2 aromatic carbocycles. The average Bonchev–Trinajstić information content (AvgIpc) is 2.72. The van der Waals surface area contributed by atoms with Crippen molar-refractivity contribution in [3.63, 3.8) is 0 Å². The molecule has 77 valence electrons. The Balaban J connectivity index is 2.26. The first kappa shape index (κ1) is 9.67. The van der Waals surface area contributed by atoms with E-state index in [1.807, 2.05) is 24.3 Å². The van der Waals surface area contributed by atoms with Gasteiger partial charge in [-0.25, -0.2) is 0 Å². The fourth-order valence-electron chi connectivity index (χ4n) is 1.87. The van der Waals surface area contributed by atoms with Gasteiger partial charge in [0.05, 0.1) is 5.52 Å². The van der Waals surface area contributed by atoms with Crippen LogP contribution in [-0.4, -0.2) is 4.57 Å². The summed E-state index contributed by atoms with van der Waals surface area (Å²) in [6, 6.07) is 19.5. The quantitative estimate of drug-likeness (QED) is 0.625. The molecule has 0 aliphatic carbocycles. The Morgan fingerprint density at radius 2 is 2.06 bits per heavy atom. The number of fused-ring (bicyclic) bond motifs is 1. The summed E-state index contributed by atoms with van der Waals surface area (Å²) in [5.41, 5.74) is 2.34. The van der Waals surface area contributed by atoms with Gasteiger partial charge in [0.2, 0.25) is 0 Å². The van der Waals surface area contributed by atoms with E-state index >= 15 is 0 Å². The fourth-order valence-corrected chi connectivity index (χ4v) is 2.26. The van der Waals surface area contributed by atoms with E-state index in [-0.39, 0.29) is 0 Å². The summed E-state index contributed by atoms with van der Waals surface area (Å²) in [7, 11) is 0. The lowest BCUT2D eigenvalue weighted by atomic mass is 10.2. The SMILES string of the molecule is Brc1cccc(-n2ccc3cc[c]cc32)c1. The molecule has 0 atom stereocenters. The van der Waals surface area contributed by atoms with Crippen LogP contribution in [0.4, 0.5) is 0 Å². The molecule has 1 radical (unpaired) electrons.